The molecule has 0 spiro atoms. The fourth-order valence-electron chi connectivity index (χ4n) is 9.48. The summed E-state index contributed by atoms with van der Waals surface area (Å²) in [5.74, 6) is -0.906. The van der Waals surface area contributed by atoms with Gasteiger partial charge in [-0.1, -0.05) is 295 Å². The number of carbonyl (C=O) groups excluding carboxylic acids is 2. The highest BCUT2D eigenvalue weighted by molar-refractivity contribution is 7.99. The molecule has 0 aromatic heterocycles. The topological polar surface area (TPSA) is 93.1 Å². The van der Waals surface area contributed by atoms with E-state index in [9.17, 15) is 19.8 Å². The zero-order valence-electron chi connectivity index (χ0n) is 44.9. The van der Waals surface area contributed by atoms with Crippen LogP contribution in [-0.4, -0.2) is 35.4 Å². The summed E-state index contributed by atoms with van der Waals surface area (Å²) in [6, 6.07) is 9.19. The van der Waals surface area contributed by atoms with Gasteiger partial charge < -0.3 is 19.7 Å². The van der Waals surface area contributed by atoms with E-state index in [1.54, 1.807) is 24.3 Å². The van der Waals surface area contributed by atoms with Crippen LogP contribution in [0.25, 0.3) is 0 Å². The fraction of sp³-hybridized carbons (Fsp3) is 0.774. The Morgan fingerprint density at radius 1 is 0.333 bits per heavy atom. The quantitative estimate of drug-likeness (QED) is 0.0504. The molecule has 2 aromatic carbocycles. The highest BCUT2D eigenvalue weighted by Crippen LogP contribution is 2.40. The van der Waals surface area contributed by atoms with Crippen LogP contribution in [0.5, 0.6) is 11.5 Å². The molecule has 0 fully saturated rings. The minimum Gasteiger partial charge on any atom is -0.507 e. The first-order valence-electron chi connectivity index (χ1n) is 29.6. The molecule has 2 N–H and O–H groups in total. The lowest BCUT2D eigenvalue weighted by atomic mass is 10.0. The lowest BCUT2D eigenvalue weighted by molar-refractivity contribution is 0.0488. The summed E-state index contributed by atoms with van der Waals surface area (Å²) in [6.45, 7) is 5.31. The van der Waals surface area contributed by atoms with Gasteiger partial charge in [0.05, 0.1) is 34.1 Å². The number of unbranched alkanes of at least 4 members (excludes halogenated alkanes) is 42. The number of benzene rings is 2. The van der Waals surface area contributed by atoms with E-state index in [2.05, 4.69) is 13.8 Å². The number of hydrogen-bond acceptors (Lipinski definition) is 7. The molecule has 6 nitrogen and oxygen atoms in total. The molecule has 0 heterocycles. The lowest BCUT2D eigenvalue weighted by Crippen LogP contribution is -2.07. The summed E-state index contributed by atoms with van der Waals surface area (Å²) >= 11 is 1.10. The van der Waals surface area contributed by atoms with E-state index in [-0.39, 0.29) is 11.5 Å². The predicted molar refractivity (Wildman–Crippen MR) is 295 cm³/mol. The standard InChI is InChI=1S/C62H106O6S/c1-3-5-7-9-11-13-15-17-19-21-23-25-27-29-31-33-35-37-39-41-43-45-51-67-61(65)55-47-49-57(63)59(53-55)69-60-54-56(48-50-58(60)64)62(66)68-52-46-44-42-40-38-36-34-32-30-28-26-24-22-20-18-16-14-12-10-8-6-4-2/h47-50,53-54,63-64H,3-46,51-52H2,1-2H3. The molecule has 0 bridgehead atoms. The van der Waals surface area contributed by atoms with Crippen LogP contribution >= 0.6 is 11.8 Å². The van der Waals surface area contributed by atoms with E-state index < -0.39 is 11.9 Å². The van der Waals surface area contributed by atoms with Gasteiger partial charge in [0.2, 0.25) is 0 Å². The summed E-state index contributed by atoms with van der Waals surface area (Å²) < 4.78 is 11.1. The first-order chi connectivity index (χ1) is 34.0. The molecule has 0 radical (unpaired) electrons. The Hall–Kier alpha value is -2.67. The van der Waals surface area contributed by atoms with E-state index in [1.807, 2.05) is 0 Å². The largest absolute Gasteiger partial charge is 0.507 e. The van der Waals surface area contributed by atoms with Crippen molar-refractivity contribution in [3.8, 4) is 11.5 Å². The molecule has 0 atom stereocenters. The predicted octanol–water partition coefficient (Wildman–Crippen LogP) is 20.8. The minimum atomic E-state index is -0.433. The zero-order valence-corrected chi connectivity index (χ0v) is 45.7. The van der Waals surface area contributed by atoms with Gasteiger partial charge in [0.15, 0.2) is 0 Å². The van der Waals surface area contributed by atoms with Crippen molar-refractivity contribution in [2.45, 2.75) is 306 Å². The maximum absolute atomic E-state index is 12.9. The van der Waals surface area contributed by atoms with E-state index in [0.29, 0.717) is 34.1 Å². The number of aromatic hydroxyl groups is 2. The van der Waals surface area contributed by atoms with Gasteiger partial charge in [-0.15, -0.1) is 0 Å². The van der Waals surface area contributed by atoms with Gasteiger partial charge in [-0.25, -0.2) is 9.59 Å². The van der Waals surface area contributed by atoms with Crippen molar-refractivity contribution in [1.29, 1.82) is 0 Å². The lowest BCUT2D eigenvalue weighted by Gasteiger charge is -2.11. The average molecular weight is 980 g/mol. The Morgan fingerprint density at radius 2 is 0.536 bits per heavy atom. The number of esters is 2. The Bertz CT molecular complexity index is 1380. The van der Waals surface area contributed by atoms with Crippen LogP contribution in [-0.2, 0) is 9.47 Å². The molecule has 7 heteroatoms. The number of carbonyl (C=O) groups is 2. The Kier molecular flexibility index (Phi) is 42.0. The van der Waals surface area contributed by atoms with Crippen molar-refractivity contribution in [3.05, 3.63) is 47.5 Å². The average Bonchev–Trinajstić information content (AvgIpc) is 3.35. The SMILES string of the molecule is CCCCCCCCCCCCCCCCCCCCCCCCOC(=O)c1ccc(O)c(Sc2cc(C(=O)OCCCCCCCCCCCCCCCCCCCCCCCC)ccc2O)c1. The van der Waals surface area contributed by atoms with Crippen molar-refractivity contribution in [3.63, 3.8) is 0 Å². The van der Waals surface area contributed by atoms with Crippen molar-refractivity contribution >= 4 is 23.7 Å². The van der Waals surface area contributed by atoms with Crippen LogP contribution < -0.4 is 0 Å². The zero-order chi connectivity index (χ0) is 49.5. The van der Waals surface area contributed by atoms with Crippen molar-refractivity contribution in [1.82, 2.24) is 0 Å². The molecule has 0 amide bonds. The molecule has 2 rings (SSSR count). The van der Waals surface area contributed by atoms with Gasteiger partial charge in [-0.2, -0.15) is 0 Å². The number of phenolic OH excluding ortho intramolecular Hbond substituents is 2. The van der Waals surface area contributed by atoms with Crippen LogP contribution in [0.15, 0.2) is 46.2 Å². The molecule has 69 heavy (non-hydrogen) atoms. The molecule has 0 aliphatic carbocycles. The number of rotatable bonds is 50. The number of hydrogen-bond donors (Lipinski definition) is 2. The second-order valence-corrected chi connectivity index (χ2v) is 21.7. The third kappa shape index (κ3) is 36.0. The maximum atomic E-state index is 12.9. The molecule has 0 unspecified atom stereocenters. The monoisotopic (exact) mass is 979 g/mol. The molecule has 0 aliphatic heterocycles. The Labute approximate surface area is 429 Å². The van der Waals surface area contributed by atoms with E-state index in [0.717, 1.165) is 50.3 Å². The van der Waals surface area contributed by atoms with Crippen LogP contribution in [0.2, 0.25) is 0 Å². The van der Waals surface area contributed by atoms with E-state index in [4.69, 9.17) is 9.47 Å². The van der Waals surface area contributed by atoms with Crippen molar-refractivity contribution in [2.24, 2.45) is 0 Å². The summed E-state index contributed by atoms with van der Waals surface area (Å²) in [5, 5.41) is 21.2. The smallest absolute Gasteiger partial charge is 0.338 e. The maximum Gasteiger partial charge on any atom is 0.338 e. The van der Waals surface area contributed by atoms with Crippen LogP contribution in [0.4, 0.5) is 0 Å². The van der Waals surface area contributed by atoms with Gasteiger partial charge in [-0.05, 0) is 49.2 Å². The molecule has 396 valence electrons. The fourth-order valence-corrected chi connectivity index (χ4v) is 10.4. The minimum absolute atomic E-state index is 0.0199. The van der Waals surface area contributed by atoms with Gasteiger partial charge in [0.1, 0.15) is 11.5 Å². The molecule has 0 aliphatic rings. The molecule has 0 saturated carbocycles. The van der Waals surface area contributed by atoms with E-state index in [1.165, 1.54) is 256 Å². The van der Waals surface area contributed by atoms with Gasteiger partial charge >= 0.3 is 11.9 Å². The second kappa shape index (κ2) is 46.4. The molecular weight excluding hydrogens is 873 g/mol. The van der Waals surface area contributed by atoms with Crippen LogP contribution in [0.3, 0.4) is 0 Å². The van der Waals surface area contributed by atoms with E-state index >= 15 is 0 Å². The summed E-state index contributed by atoms with van der Waals surface area (Å²) in [6.07, 6.45) is 58.9. The Morgan fingerprint density at radius 3 is 0.754 bits per heavy atom. The third-order valence-electron chi connectivity index (χ3n) is 14.1. The van der Waals surface area contributed by atoms with Gasteiger partial charge in [0.25, 0.3) is 0 Å². The first kappa shape index (κ1) is 62.4. The van der Waals surface area contributed by atoms with Gasteiger partial charge in [-0.3, -0.25) is 0 Å². The van der Waals surface area contributed by atoms with Crippen LogP contribution in [0.1, 0.15) is 317 Å². The third-order valence-corrected chi connectivity index (χ3v) is 15.2. The number of phenols is 2. The van der Waals surface area contributed by atoms with Crippen molar-refractivity contribution in [2.75, 3.05) is 13.2 Å². The first-order valence-corrected chi connectivity index (χ1v) is 30.5. The second-order valence-electron chi connectivity index (χ2n) is 20.6. The summed E-state index contributed by atoms with van der Waals surface area (Å²) in [5.41, 5.74) is 0.675. The summed E-state index contributed by atoms with van der Waals surface area (Å²) in [7, 11) is 0. The summed E-state index contributed by atoms with van der Waals surface area (Å²) in [4.78, 5) is 26.6. The number of ether oxygens (including phenoxy) is 2. The highest BCUT2D eigenvalue weighted by atomic mass is 32.2. The van der Waals surface area contributed by atoms with Crippen molar-refractivity contribution < 1.29 is 29.3 Å². The molecular formula is C62H106O6S. The Balaban J connectivity index is 1.46. The molecule has 0 saturated heterocycles. The van der Waals surface area contributed by atoms with Gasteiger partial charge in [0, 0.05) is 0 Å². The highest BCUT2D eigenvalue weighted by Gasteiger charge is 2.16. The molecule has 2 aromatic rings. The normalized spacial score (nSPS) is 11.4. The van der Waals surface area contributed by atoms with Crippen LogP contribution in [0, 0.1) is 0 Å².